The molecule has 1 saturated carbocycles. The molecule has 0 saturated heterocycles. The van der Waals surface area contributed by atoms with Crippen LogP contribution in [0.4, 0.5) is 39.5 Å². The van der Waals surface area contributed by atoms with Gasteiger partial charge in [0, 0.05) is 0 Å². The molecule has 0 aliphatic heterocycles. The molecule has 1 aliphatic carbocycles. The maximum Gasteiger partial charge on any atom is 0.384 e. The molecule has 0 N–H and O–H groups in total. The van der Waals surface area contributed by atoms with Gasteiger partial charge in [0.1, 0.15) is 0 Å². The molecule has 0 amide bonds. The smallest absolute Gasteiger partial charge is 0.330 e. The highest BCUT2D eigenvalue weighted by molar-refractivity contribution is 5.23. The highest BCUT2D eigenvalue weighted by atomic mass is 19.4. The van der Waals surface area contributed by atoms with Crippen LogP contribution in [-0.4, -0.2) is 35.1 Å². The fourth-order valence-electron chi connectivity index (χ4n) is 1.55. The van der Waals surface area contributed by atoms with Crippen LogP contribution >= 0.6 is 0 Å². The first-order chi connectivity index (χ1) is 7.96. The summed E-state index contributed by atoms with van der Waals surface area (Å²) in [6.07, 6.45) is 0. The van der Waals surface area contributed by atoms with Crippen LogP contribution in [0, 0.1) is 0 Å². The van der Waals surface area contributed by atoms with Gasteiger partial charge in [-0.05, 0) is 20.8 Å². The molecule has 0 atom stereocenters. The molecule has 0 heterocycles. The van der Waals surface area contributed by atoms with Crippen molar-refractivity contribution in [3.8, 4) is 0 Å². The Labute approximate surface area is 101 Å². The Morgan fingerprint density at radius 3 is 1.05 bits per heavy atom. The molecule has 114 valence electrons. The Balaban J connectivity index is 3.56. The molecule has 0 unspecified atom stereocenters. The SMILES string of the molecule is CC(C)(C)OC1(F)C(F)(F)C(F)(F)C(F)(F)C1(F)F. The van der Waals surface area contributed by atoms with Crippen molar-refractivity contribution in [1.29, 1.82) is 0 Å². The lowest BCUT2D eigenvalue weighted by Gasteiger charge is -2.36. The van der Waals surface area contributed by atoms with Crippen molar-refractivity contribution in [3.05, 3.63) is 0 Å². The van der Waals surface area contributed by atoms with E-state index in [2.05, 4.69) is 4.74 Å². The summed E-state index contributed by atoms with van der Waals surface area (Å²) in [5.41, 5.74) is -2.13. The lowest BCUT2D eigenvalue weighted by molar-refractivity contribution is -0.379. The van der Waals surface area contributed by atoms with Crippen molar-refractivity contribution in [2.24, 2.45) is 0 Å². The maximum atomic E-state index is 13.7. The summed E-state index contributed by atoms with van der Waals surface area (Å²) >= 11 is 0. The van der Waals surface area contributed by atoms with E-state index in [1.165, 1.54) is 0 Å². The number of hydrogen-bond donors (Lipinski definition) is 0. The molecule has 1 rings (SSSR count). The van der Waals surface area contributed by atoms with Crippen LogP contribution in [0.2, 0.25) is 0 Å². The third-order valence-corrected chi connectivity index (χ3v) is 2.44. The van der Waals surface area contributed by atoms with Crippen molar-refractivity contribution in [2.75, 3.05) is 0 Å². The van der Waals surface area contributed by atoms with Crippen LogP contribution in [0.5, 0.6) is 0 Å². The average molecular weight is 304 g/mol. The van der Waals surface area contributed by atoms with Gasteiger partial charge in [-0.25, -0.2) is 0 Å². The minimum atomic E-state index is -6.59. The van der Waals surface area contributed by atoms with Gasteiger partial charge in [-0.15, -0.1) is 0 Å². The zero-order valence-electron chi connectivity index (χ0n) is 9.81. The zero-order valence-corrected chi connectivity index (χ0v) is 9.81. The van der Waals surface area contributed by atoms with Gasteiger partial charge < -0.3 is 4.74 Å². The molecule has 10 heteroatoms. The van der Waals surface area contributed by atoms with Crippen molar-refractivity contribution >= 4 is 0 Å². The standard InChI is InChI=1S/C9H9F9O/c1-4(2,3)19-9(18)7(14,15)5(10,11)6(12,13)8(9,16)17/h1-3H3. The van der Waals surface area contributed by atoms with Gasteiger partial charge in [-0.3, -0.25) is 0 Å². The van der Waals surface area contributed by atoms with E-state index in [1.54, 1.807) is 0 Å². The van der Waals surface area contributed by atoms with Gasteiger partial charge >= 0.3 is 29.5 Å². The molecule has 0 radical (unpaired) electrons. The third-order valence-electron chi connectivity index (χ3n) is 2.44. The van der Waals surface area contributed by atoms with Gasteiger partial charge in [-0.2, -0.15) is 39.5 Å². The topological polar surface area (TPSA) is 9.23 Å². The number of ether oxygens (including phenoxy) is 1. The molecular weight excluding hydrogens is 295 g/mol. The van der Waals surface area contributed by atoms with Crippen LogP contribution in [0.15, 0.2) is 0 Å². The van der Waals surface area contributed by atoms with Crippen molar-refractivity contribution in [3.63, 3.8) is 0 Å². The Morgan fingerprint density at radius 1 is 0.579 bits per heavy atom. The van der Waals surface area contributed by atoms with E-state index in [0.29, 0.717) is 0 Å². The second-order valence-corrected chi connectivity index (χ2v) is 5.11. The van der Waals surface area contributed by atoms with Gasteiger partial charge in [0.15, 0.2) is 0 Å². The van der Waals surface area contributed by atoms with E-state index in [1.807, 2.05) is 0 Å². The second kappa shape index (κ2) is 3.50. The van der Waals surface area contributed by atoms with Crippen LogP contribution in [0.1, 0.15) is 20.8 Å². The molecule has 0 spiro atoms. The summed E-state index contributed by atoms with van der Waals surface area (Å²) in [4.78, 5) is 0. The van der Waals surface area contributed by atoms with Crippen molar-refractivity contribution in [2.45, 2.75) is 55.9 Å². The minimum absolute atomic E-state index is 0.773. The Hall–Kier alpha value is -0.670. The molecular formula is C9H9F9O. The normalized spacial score (nSPS) is 30.3. The van der Waals surface area contributed by atoms with E-state index in [4.69, 9.17) is 0 Å². The fourth-order valence-corrected chi connectivity index (χ4v) is 1.55. The third kappa shape index (κ3) is 1.61. The summed E-state index contributed by atoms with van der Waals surface area (Å²) in [7, 11) is 0. The Bertz CT molecular complexity index is 356. The van der Waals surface area contributed by atoms with Crippen LogP contribution in [0.3, 0.4) is 0 Å². The Morgan fingerprint density at radius 2 is 0.842 bits per heavy atom. The first-order valence-corrected chi connectivity index (χ1v) is 4.86. The molecule has 0 aromatic carbocycles. The monoisotopic (exact) mass is 304 g/mol. The van der Waals surface area contributed by atoms with Crippen molar-refractivity contribution < 1.29 is 44.3 Å². The number of rotatable bonds is 1. The summed E-state index contributed by atoms with van der Waals surface area (Å²) in [5, 5.41) is 0. The van der Waals surface area contributed by atoms with Gasteiger partial charge in [-0.1, -0.05) is 0 Å². The van der Waals surface area contributed by atoms with Gasteiger partial charge in [0.25, 0.3) is 0 Å². The molecule has 1 aliphatic rings. The lowest BCUT2D eigenvalue weighted by Crippen LogP contribution is -2.59. The Kier molecular flexibility index (Phi) is 3.02. The number of hydrogen-bond acceptors (Lipinski definition) is 1. The highest BCUT2D eigenvalue weighted by Gasteiger charge is 3.02. The largest absolute Gasteiger partial charge is 0.384 e. The van der Waals surface area contributed by atoms with E-state index in [9.17, 15) is 39.5 Å². The van der Waals surface area contributed by atoms with Crippen molar-refractivity contribution in [1.82, 2.24) is 0 Å². The highest BCUT2D eigenvalue weighted by Crippen LogP contribution is 2.69. The maximum absolute atomic E-state index is 13.7. The fraction of sp³-hybridized carbons (Fsp3) is 1.00. The average Bonchev–Trinajstić information content (AvgIpc) is 2.16. The quantitative estimate of drug-likeness (QED) is 0.665. The predicted molar refractivity (Wildman–Crippen MR) is 44.5 cm³/mol. The molecule has 1 fully saturated rings. The van der Waals surface area contributed by atoms with Gasteiger partial charge in [0.2, 0.25) is 0 Å². The molecule has 0 bridgehead atoms. The predicted octanol–water partition coefficient (Wildman–Crippen LogP) is 4.02. The van der Waals surface area contributed by atoms with Crippen LogP contribution in [-0.2, 0) is 4.74 Å². The first-order valence-electron chi connectivity index (χ1n) is 4.86. The zero-order chi connectivity index (χ0) is 15.7. The molecule has 1 nitrogen and oxygen atoms in total. The lowest BCUT2D eigenvalue weighted by atomic mass is 10.1. The molecule has 19 heavy (non-hydrogen) atoms. The number of halogens is 9. The summed E-state index contributed by atoms with van der Waals surface area (Å²) in [6.45, 7) is 2.32. The van der Waals surface area contributed by atoms with E-state index in [-0.39, 0.29) is 0 Å². The number of alkyl halides is 9. The van der Waals surface area contributed by atoms with Gasteiger partial charge in [0.05, 0.1) is 5.60 Å². The van der Waals surface area contributed by atoms with E-state index >= 15 is 0 Å². The van der Waals surface area contributed by atoms with E-state index < -0.39 is 35.1 Å². The van der Waals surface area contributed by atoms with Crippen LogP contribution in [0.25, 0.3) is 0 Å². The molecule has 0 aromatic rings. The summed E-state index contributed by atoms with van der Waals surface area (Å²) in [5.74, 6) is -31.8. The summed E-state index contributed by atoms with van der Waals surface area (Å²) in [6, 6.07) is 0. The first kappa shape index (κ1) is 16.4. The minimum Gasteiger partial charge on any atom is -0.330 e. The summed E-state index contributed by atoms with van der Waals surface area (Å²) < 4.78 is 121. The van der Waals surface area contributed by atoms with Crippen LogP contribution < -0.4 is 0 Å². The molecule has 0 aromatic heterocycles. The second-order valence-electron chi connectivity index (χ2n) is 5.11. The van der Waals surface area contributed by atoms with E-state index in [0.717, 1.165) is 20.8 Å².